The number of carbonyl (C=O) groups is 1. The van der Waals surface area contributed by atoms with E-state index in [0.29, 0.717) is 17.0 Å². The topological polar surface area (TPSA) is 34.9 Å². The van der Waals surface area contributed by atoms with Crippen LogP contribution in [-0.2, 0) is 11.2 Å². The SMILES string of the molecule is O=CC1=C(Cl)c2cnn(-c3ccccc3)c2CC1. The second-order valence-corrected chi connectivity index (χ2v) is 4.59. The van der Waals surface area contributed by atoms with E-state index in [1.807, 2.05) is 35.0 Å². The molecule has 4 heteroatoms. The molecule has 0 fully saturated rings. The number of hydrogen-bond donors (Lipinski definition) is 0. The van der Waals surface area contributed by atoms with Crippen molar-refractivity contribution in [2.75, 3.05) is 0 Å². The molecule has 2 aromatic rings. The van der Waals surface area contributed by atoms with Gasteiger partial charge in [0.05, 0.1) is 22.6 Å². The second kappa shape index (κ2) is 4.42. The van der Waals surface area contributed by atoms with Gasteiger partial charge < -0.3 is 0 Å². The normalized spacial score (nSPS) is 14.5. The Morgan fingerprint density at radius 1 is 1.22 bits per heavy atom. The van der Waals surface area contributed by atoms with Crippen molar-refractivity contribution in [3.8, 4) is 5.69 Å². The van der Waals surface area contributed by atoms with Crippen molar-refractivity contribution in [1.29, 1.82) is 0 Å². The Kier molecular flexibility index (Phi) is 2.76. The monoisotopic (exact) mass is 258 g/mol. The number of allylic oxidation sites excluding steroid dienone is 1. The zero-order valence-corrected chi connectivity index (χ0v) is 10.4. The van der Waals surface area contributed by atoms with Crippen LogP contribution in [0.5, 0.6) is 0 Å². The number of nitrogens with zero attached hydrogens (tertiary/aromatic N) is 2. The van der Waals surface area contributed by atoms with Crippen molar-refractivity contribution in [3.63, 3.8) is 0 Å². The minimum atomic E-state index is 0.536. The minimum absolute atomic E-state index is 0.536. The highest BCUT2D eigenvalue weighted by atomic mass is 35.5. The predicted octanol–water partition coefficient (Wildman–Crippen LogP) is 2.97. The number of rotatable bonds is 2. The summed E-state index contributed by atoms with van der Waals surface area (Å²) in [5.74, 6) is 0. The van der Waals surface area contributed by atoms with Crippen LogP contribution in [-0.4, -0.2) is 16.1 Å². The van der Waals surface area contributed by atoms with Crippen molar-refractivity contribution in [2.45, 2.75) is 12.8 Å². The molecule has 1 aliphatic carbocycles. The van der Waals surface area contributed by atoms with E-state index in [1.54, 1.807) is 6.20 Å². The third-order valence-electron chi connectivity index (χ3n) is 3.16. The molecule has 0 aliphatic heterocycles. The fourth-order valence-electron chi connectivity index (χ4n) is 2.24. The zero-order valence-electron chi connectivity index (χ0n) is 9.64. The molecule has 0 amide bonds. The van der Waals surface area contributed by atoms with Gasteiger partial charge in [-0.1, -0.05) is 29.8 Å². The average molecular weight is 259 g/mol. The molecule has 90 valence electrons. The highest BCUT2D eigenvalue weighted by molar-refractivity contribution is 6.50. The Morgan fingerprint density at radius 3 is 2.72 bits per heavy atom. The first-order valence-electron chi connectivity index (χ1n) is 5.78. The molecular formula is C14H11ClN2O. The van der Waals surface area contributed by atoms with Gasteiger partial charge in [0.25, 0.3) is 0 Å². The van der Waals surface area contributed by atoms with E-state index in [9.17, 15) is 4.79 Å². The van der Waals surface area contributed by atoms with Gasteiger partial charge in [-0.3, -0.25) is 4.79 Å². The predicted molar refractivity (Wildman–Crippen MR) is 70.7 cm³/mol. The summed E-state index contributed by atoms with van der Waals surface area (Å²) in [6.45, 7) is 0. The van der Waals surface area contributed by atoms with Gasteiger partial charge in [-0.2, -0.15) is 5.10 Å². The highest BCUT2D eigenvalue weighted by Gasteiger charge is 2.22. The third kappa shape index (κ3) is 1.68. The van der Waals surface area contributed by atoms with Crippen molar-refractivity contribution in [3.05, 3.63) is 53.4 Å². The van der Waals surface area contributed by atoms with Crippen LogP contribution in [0.25, 0.3) is 10.7 Å². The zero-order chi connectivity index (χ0) is 12.5. The van der Waals surface area contributed by atoms with Gasteiger partial charge >= 0.3 is 0 Å². The Morgan fingerprint density at radius 2 is 2.00 bits per heavy atom. The Hall–Kier alpha value is -1.87. The maximum atomic E-state index is 10.9. The molecular weight excluding hydrogens is 248 g/mol. The molecule has 0 bridgehead atoms. The van der Waals surface area contributed by atoms with Crippen LogP contribution in [0.2, 0.25) is 0 Å². The van der Waals surface area contributed by atoms with Gasteiger partial charge in [-0.25, -0.2) is 4.68 Å². The summed E-state index contributed by atoms with van der Waals surface area (Å²) in [6.07, 6.45) is 4.03. The van der Waals surface area contributed by atoms with E-state index in [-0.39, 0.29) is 0 Å². The third-order valence-corrected chi connectivity index (χ3v) is 3.61. The van der Waals surface area contributed by atoms with E-state index in [1.165, 1.54) is 0 Å². The lowest BCUT2D eigenvalue weighted by Gasteiger charge is -2.15. The van der Waals surface area contributed by atoms with Gasteiger partial charge in [-0.05, 0) is 25.0 Å². The molecule has 0 spiro atoms. The Balaban J connectivity index is 2.14. The molecule has 1 aromatic carbocycles. The molecule has 1 aliphatic rings. The minimum Gasteiger partial charge on any atom is -0.298 e. The maximum absolute atomic E-state index is 10.9. The van der Waals surface area contributed by atoms with Crippen LogP contribution >= 0.6 is 11.6 Å². The number of fused-ring (bicyclic) bond motifs is 1. The lowest BCUT2D eigenvalue weighted by molar-refractivity contribution is -0.105. The summed E-state index contributed by atoms with van der Waals surface area (Å²) in [5, 5.41) is 4.90. The van der Waals surface area contributed by atoms with E-state index >= 15 is 0 Å². The Bertz CT molecular complexity index is 628. The van der Waals surface area contributed by atoms with E-state index in [0.717, 1.165) is 29.7 Å². The first-order valence-corrected chi connectivity index (χ1v) is 6.15. The summed E-state index contributed by atoms with van der Waals surface area (Å²) in [6, 6.07) is 9.91. The summed E-state index contributed by atoms with van der Waals surface area (Å²) in [7, 11) is 0. The van der Waals surface area contributed by atoms with Gasteiger partial charge in [0.2, 0.25) is 0 Å². The average Bonchev–Trinajstić information content (AvgIpc) is 2.85. The van der Waals surface area contributed by atoms with E-state index < -0.39 is 0 Å². The van der Waals surface area contributed by atoms with Crippen LogP contribution < -0.4 is 0 Å². The van der Waals surface area contributed by atoms with E-state index in [2.05, 4.69) is 5.10 Å². The van der Waals surface area contributed by atoms with Crippen molar-refractivity contribution in [2.24, 2.45) is 0 Å². The standard InChI is InChI=1S/C14H11ClN2O/c15-14-10(9-18)6-7-13-12(14)8-16-17(13)11-4-2-1-3-5-11/h1-5,8-9H,6-7H2. The number of hydrogen-bond acceptors (Lipinski definition) is 2. The summed E-state index contributed by atoms with van der Waals surface area (Å²) < 4.78 is 1.89. The molecule has 1 heterocycles. The van der Waals surface area contributed by atoms with Crippen LogP contribution in [0.3, 0.4) is 0 Å². The fourth-order valence-corrected chi connectivity index (χ4v) is 2.53. The summed E-state index contributed by atoms with van der Waals surface area (Å²) >= 11 is 6.21. The van der Waals surface area contributed by atoms with Crippen molar-refractivity contribution >= 4 is 22.9 Å². The summed E-state index contributed by atoms with van der Waals surface area (Å²) in [5.41, 5.74) is 3.61. The van der Waals surface area contributed by atoms with Crippen LogP contribution in [0.1, 0.15) is 17.7 Å². The van der Waals surface area contributed by atoms with Gasteiger partial charge in [0, 0.05) is 11.1 Å². The number of para-hydroxylation sites is 1. The number of aldehydes is 1. The molecule has 0 saturated heterocycles. The molecule has 0 radical (unpaired) electrons. The van der Waals surface area contributed by atoms with Gasteiger partial charge in [0.1, 0.15) is 6.29 Å². The first kappa shape index (κ1) is 11.2. The van der Waals surface area contributed by atoms with Crippen LogP contribution in [0.4, 0.5) is 0 Å². The summed E-state index contributed by atoms with van der Waals surface area (Å²) in [4.78, 5) is 10.9. The molecule has 0 unspecified atom stereocenters. The molecule has 18 heavy (non-hydrogen) atoms. The maximum Gasteiger partial charge on any atom is 0.147 e. The van der Waals surface area contributed by atoms with Crippen molar-refractivity contribution in [1.82, 2.24) is 9.78 Å². The lowest BCUT2D eigenvalue weighted by Crippen LogP contribution is -2.08. The second-order valence-electron chi connectivity index (χ2n) is 4.21. The van der Waals surface area contributed by atoms with Crippen LogP contribution in [0, 0.1) is 0 Å². The fraction of sp³-hybridized carbons (Fsp3) is 0.143. The number of aromatic nitrogens is 2. The van der Waals surface area contributed by atoms with E-state index in [4.69, 9.17) is 11.6 Å². The smallest absolute Gasteiger partial charge is 0.147 e. The number of carbonyl (C=O) groups excluding carboxylic acids is 1. The van der Waals surface area contributed by atoms with Gasteiger partial charge in [-0.15, -0.1) is 0 Å². The van der Waals surface area contributed by atoms with Gasteiger partial charge in [0.15, 0.2) is 0 Å². The quantitative estimate of drug-likeness (QED) is 0.777. The molecule has 0 N–H and O–H groups in total. The first-order chi connectivity index (χ1) is 8.81. The lowest BCUT2D eigenvalue weighted by atomic mass is 9.98. The molecule has 1 aromatic heterocycles. The Labute approximate surface area is 110 Å². The molecule has 0 atom stereocenters. The van der Waals surface area contributed by atoms with Crippen LogP contribution in [0.15, 0.2) is 42.1 Å². The number of benzene rings is 1. The number of halogens is 1. The van der Waals surface area contributed by atoms with Crippen molar-refractivity contribution < 1.29 is 4.79 Å². The molecule has 3 rings (SSSR count). The highest BCUT2D eigenvalue weighted by Crippen LogP contribution is 2.33. The molecule has 0 saturated carbocycles. The largest absolute Gasteiger partial charge is 0.298 e. The molecule has 3 nitrogen and oxygen atoms in total.